The minimum Gasteiger partial charge on any atom is -0.291 e. The van der Waals surface area contributed by atoms with Gasteiger partial charge in [-0.25, -0.2) is 0 Å². The molecule has 0 spiro atoms. The van der Waals surface area contributed by atoms with E-state index in [9.17, 15) is 0 Å². The quantitative estimate of drug-likeness (QED) is 0.145. The number of nitrogens with zero attached hydrogens (tertiary/aromatic N) is 6. The van der Waals surface area contributed by atoms with E-state index in [4.69, 9.17) is 9.97 Å². The summed E-state index contributed by atoms with van der Waals surface area (Å²) in [6.07, 6.45) is 3.74. The molecule has 0 aliphatic carbocycles. The van der Waals surface area contributed by atoms with Gasteiger partial charge in [0.2, 0.25) is 0 Å². The highest BCUT2D eigenvalue weighted by molar-refractivity contribution is 8.77. The SMILES string of the molecule is Cc1cccc(CN(Cc2ccccn2)CC(C)SSC(C)CN(Cc2ccccn2)Cc2cccc(C)n2)n1. The fourth-order valence-corrected chi connectivity index (χ4v) is 7.05. The van der Waals surface area contributed by atoms with Gasteiger partial charge in [0.15, 0.2) is 0 Å². The summed E-state index contributed by atoms with van der Waals surface area (Å²) in [7, 11) is 3.94. The molecule has 2 unspecified atom stereocenters. The van der Waals surface area contributed by atoms with E-state index in [-0.39, 0.29) is 0 Å². The van der Waals surface area contributed by atoms with E-state index in [0.717, 1.165) is 73.4 Å². The summed E-state index contributed by atoms with van der Waals surface area (Å²) in [5.74, 6) is 0. The molecule has 0 N–H and O–H groups in total. The van der Waals surface area contributed by atoms with Crippen molar-refractivity contribution in [3.8, 4) is 0 Å². The van der Waals surface area contributed by atoms with Gasteiger partial charge in [0.05, 0.1) is 22.8 Å². The van der Waals surface area contributed by atoms with E-state index in [1.165, 1.54) is 0 Å². The molecule has 0 fully saturated rings. The van der Waals surface area contributed by atoms with Gasteiger partial charge >= 0.3 is 0 Å². The second-order valence-corrected chi connectivity index (χ2v) is 13.5. The van der Waals surface area contributed by atoms with E-state index in [1.807, 2.05) is 46.1 Å². The molecule has 0 amide bonds. The summed E-state index contributed by atoms with van der Waals surface area (Å²) in [5, 5.41) is 0.896. The number of hydrogen-bond acceptors (Lipinski definition) is 8. The van der Waals surface area contributed by atoms with Crippen LogP contribution in [0.5, 0.6) is 0 Å². The van der Waals surface area contributed by atoms with Crippen molar-refractivity contribution < 1.29 is 0 Å². The van der Waals surface area contributed by atoms with Crippen LogP contribution >= 0.6 is 21.6 Å². The van der Waals surface area contributed by atoms with Crippen LogP contribution in [-0.4, -0.2) is 53.3 Å². The standard InChI is InChI=1S/C32H40N6S2/c1-25-11-9-15-31(35-25)23-37(21-29-13-5-7-17-33-29)19-27(3)39-40-28(4)20-38(22-30-14-6-8-18-34-30)24-32-16-10-12-26(2)36-32/h5-18,27-28H,19-24H2,1-4H3. The van der Waals surface area contributed by atoms with Gasteiger partial charge in [-0.3, -0.25) is 29.7 Å². The van der Waals surface area contributed by atoms with Gasteiger partial charge in [0, 0.05) is 73.5 Å². The van der Waals surface area contributed by atoms with Crippen LogP contribution in [0.25, 0.3) is 0 Å². The van der Waals surface area contributed by atoms with Crippen LogP contribution in [0.1, 0.15) is 48.0 Å². The zero-order chi connectivity index (χ0) is 28.2. The van der Waals surface area contributed by atoms with Gasteiger partial charge < -0.3 is 0 Å². The van der Waals surface area contributed by atoms with E-state index >= 15 is 0 Å². The Morgan fingerprint density at radius 2 is 0.950 bits per heavy atom. The Morgan fingerprint density at radius 3 is 1.32 bits per heavy atom. The first-order chi connectivity index (χ1) is 19.4. The molecule has 4 heterocycles. The van der Waals surface area contributed by atoms with Crippen LogP contribution < -0.4 is 0 Å². The fourth-order valence-electron chi connectivity index (χ4n) is 4.62. The molecule has 0 aliphatic rings. The summed E-state index contributed by atoms with van der Waals surface area (Å²) >= 11 is 0. The topological polar surface area (TPSA) is 58.0 Å². The number of aromatic nitrogens is 4. The molecule has 8 heteroatoms. The lowest BCUT2D eigenvalue weighted by Crippen LogP contribution is -2.31. The molecule has 0 aliphatic heterocycles. The molecule has 210 valence electrons. The summed E-state index contributed by atoms with van der Waals surface area (Å²) in [5.41, 5.74) is 6.48. The maximum absolute atomic E-state index is 4.75. The molecule has 4 rings (SSSR count). The van der Waals surface area contributed by atoms with Crippen molar-refractivity contribution in [3.63, 3.8) is 0 Å². The third-order valence-corrected chi connectivity index (χ3v) is 9.67. The van der Waals surface area contributed by atoms with Crippen molar-refractivity contribution in [1.82, 2.24) is 29.7 Å². The van der Waals surface area contributed by atoms with Crippen LogP contribution in [-0.2, 0) is 26.2 Å². The van der Waals surface area contributed by atoms with Crippen molar-refractivity contribution in [2.45, 2.75) is 64.4 Å². The molecule has 4 aromatic rings. The smallest absolute Gasteiger partial charge is 0.0547 e. The molecule has 6 nitrogen and oxygen atoms in total. The zero-order valence-corrected chi connectivity index (χ0v) is 25.6. The van der Waals surface area contributed by atoms with E-state index in [0.29, 0.717) is 10.5 Å². The van der Waals surface area contributed by atoms with Gasteiger partial charge in [0.25, 0.3) is 0 Å². The lowest BCUT2D eigenvalue weighted by atomic mass is 10.2. The number of rotatable bonds is 15. The van der Waals surface area contributed by atoms with Crippen molar-refractivity contribution in [1.29, 1.82) is 0 Å². The van der Waals surface area contributed by atoms with E-state index in [2.05, 4.69) is 108 Å². The first-order valence-corrected chi connectivity index (χ1v) is 16.1. The van der Waals surface area contributed by atoms with Crippen LogP contribution in [0.3, 0.4) is 0 Å². The Hall–Kier alpha value is -2.78. The number of hydrogen-bond donors (Lipinski definition) is 0. The highest BCUT2D eigenvalue weighted by Crippen LogP contribution is 2.32. The monoisotopic (exact) mass is 572 g/mol. The molecule has 0 aromatic carbocycles. The first-order valence-electron chi connectivity index (χ1n) is 13.8. The van der Waals surface area contributed by atoms with Gasteiger partial charge in [-0.05, 0) is 62.4 Å². The molecule has 4 aromatic heterocycles. The lowest BCUT2D eigenvalue weighted by Gasteiger charge is -2.27. The van der Waals surface area contributed by atoms with Crippen molar-refractivity contribution in [3.05, 3.63) is 119 Å². The Kier molecular flexibility index (Phi) is 12.0. The molecule has 0 saturated carbocycles. The molecule has 0 saturated heterocycles. The minimum absolute atomic E-state index is 0.448. The van der Waals surface area contributed by atoms with E-state index in [1.54, 1.807) is 0 Å². The van der Waals surface area contributed by atoms with Crippen molar-refractivity contribution in [2.24, 2.45) is 0 Å². The Labute approximate surface area is 247 Å². The van der Waals surface area contributed by atoms with E-state index < -0.39 is 0 Å². The second-order valence-electron chi connectivity index (χ2n) is 10.3. The fraction of sp³-hybridized carbons (Fsp3) is 0.375. The summed E-state index contributed by atoms with van der Waals surface area (Å²) < 4.78 is 0. The Balaban J connectivity index is 1.34. The largest absolute Gasteiger partial charge is 0.291 e. The second kappa shape index (κ2) is 15.9. The van der Waals surface area contributed by atoms with Gasteiger partial charge in [-0.2, -0.15) is 0 Å². The normalized spacial score (nSPS) is 13.1. The van der Waals surface area contributed by atoms with Crippen LogP contribution in [0, 0.1) is 13.8 Å². The van der Waals surface area contributed by atoms with Crippen LogP contribution in [0.15, 0.2) is 85.2 Å². The van der Waals surface area contributed by atoms with Gasteiger partial charge in [0.1, 0.15) is 0 Å². The Bertz CT molecular complexity index is 1190. The third kappa shape index (κ3) is 10.7. The van der Waals surface area contributed by atoms with Crippen LogP contribution in [0.2, 0.25) is 0 Å². The third-order valence-electron chi connectivity index (χ3n) is 6.30. The molecule has 40 heavy (non-hydrogen) atoms. The van der Waals surface area contributed by atoms with Gasteiger partial charge in [-0.15, -0.1) is 0 Å². The van der Waals surface area contributed by atoms with Gasteiger partial charge in [-0.1, -0.05) is 59.7 Å². The molecule has 0 radical (unpaired) electrons. The first kappa shape index (κ1) is 30.2. The maximum Gasteiger partial charge on any atom is 0.0547 e. The highest BCUT2D eigenvalue weighted by atomic mass is 33.1. The van der Waals surface area contributed by atoms with Crippen molar-refractivity contribution >= 4 is 21.6 Å². The summed E-state index contributed by atoms with van der Waals surface area (Å²) in [4.78, 5) is 23.6. The molecule has 2 atom stereocenters. The molecular weight excluding hydrogens is 533 g/mol. The average Bonchev–Trinajstić information content (AvgIpc) is 2.93. The van der Waals surface area contributed by atoms with Crippen molar-refractivity contribution in [2.75, 3.05) is 13.1 Å². The zero-order valence-electron chi connectivity index (χ0n) is 24.0. The highest BCUT2D eigenvalue weighted by Gasteiger charge is 2.18. The molecular formula is C32H40N6S2. The lowest BCUT2D eigenvalue weighted by molar-refractivity contribution is 0.254. The number of aryl methyl sites for hydroxylation is 2. The molecule has 0 bridgehead atoms. The summed E-state index contributed by atoms with van der Waals surface area (Å²) in [6.45, 7) is 13.9. The minimum atomic E-state index is 0.448. The number of pyridine rings is 4. The summed E-state index contributed by atoms with van der Waals surface area (Å²) in [6, 6.07) is 24.8. The maximum atomic E-state index is 4.75. The average molecular weight is 573 g/mol. The van der Waals surface area contributed by atoms with Crippen LogP contribution in [0.4, 0.5) is 0 Å². The predicted molar refractivity (Wildman–Crippen MR) is 169 cm³/mol. The Morgan fingerprint density at radius 1 is 0.550 bits per heavy atom. The predicted octanol–water partition coefficient (Wildman–Crippen LogP) is 6.75.